The quantitative estimate of drug-likeness (QED) is 0.459. The molecule has 3 aliphatic rings. The minimum Gasteiger partial charge on any atom is -0.491 e. The fourth-order valence-electron chi connectivity index (χ4n) is 4.72. The number of amides is 1. The molecule has 7 heteroatoms. The van der Waals surface area contributed by atoms with Gasteiger partial charge in [-0.2, -0.15) is 4.89 Å². The summed E-state index contributed by atoms with van der Waals surface area (Å²) in [5.41, 5.74) is 3.65. The zero-order valence-electron chi connectivity index (χ0n) is 16.3. The van der Waals surface area contributed by atoms with Crippen LogP contribution in [0.1, 0.15) is 32.6 Å². The molecular weight excluding hydrogens is 418 g/mol. The molecule has 3 aliphatic heterocycles. The molecule has 1 amide bonds. The zero-order valence-corrected chi connectivity index (χ0v) is 17.0. The number of anilines is 1. The van der Waals surface area contributed by atoms with Crippen LogP contribution in [0.3, 0.4) is 0 Å². The molecule has 0 bridgehead atoms. The van der Waals surface area contributed by atoms with Crippen LogP contribution in [0, 0.1) is 0 Å². The van der Waals surface area contributed by atoms with Gasteiger partial charge in [0.15, 0.2) is 5.75 Å². The number of halogens is 1. The molecule has 6 nitrogen and oxygen atoms in total. The number of benzene rings is 3. The molecule has 6 rings (SSSR count). The van der Waals surface area contributed by atoms with Crippen LogP contribution in [0.15, 0.2) is 60.7 Å². The molecule has 1 spiro atoms. The Balaban J connectivity index is 1.47. The SMILES string of the molecule is O=C(Cl)c1cccc(CN2C(=O)C3(COc4cc5c(cc43)OOC5)c3ccccc32)c1. The standard InChI is InChI=1S/C24H16ClNO5/c25-22(27)15-5-3-4-14(8-15)11-26-19-7-2-1-6-17(19)24(23(26)28)13-29-21-9-16-12-30-31-20(16)10-18(21)24/h1-10H,11-13H2. The largest absolute Gasteiger partial charge is 0.491 e. The van der Waals surface area contributed by atoms with Crippen molar-refractivity contribution in [2.45, 2.75) is 18.6 Å². The first-order valence-electron chi connectivity index (χ1n) is 9.88. The lowest BCUT2D eigenvalue weighted by Crippen LogP contribution is -2.42. The maximum Gasteiger partial charge on any atom is 0.252 e. The van der Waals surface area contributed by atoms with Crippen molar-refractivity contribution < 1.29 is 24.1 Å². The highest BCUT2D eigenvalue weighted by atomic mass is 35.5. The molecule has 0 radical (unpaired) electrons. The molecule has 0 aromatic heterocycles. The number of para-hydroxylation sites is 1. The number of hydrogen-bond acceptors (Lipinski definition) is 5. The van der Waals surface area contributed by atoms with E-state index in [0.29, 0.717) is 30.2 Å². The average Bonchev–Trinajstić information content (AvgIpc) is 3.45. The lowest BCUT2D eigenvalue weighted by atomic mass is 9.77. The Bertz CT molecular complexity index is 1270. The number of carbonyl (C=O) groups is 2. The second-order valence-electron chi connectivity index (χ2n) is 7.88. The molecule has 1 atom stereocenters. The van der Waals surface area contributed by atoms with Crippen molar-refractivity contribution in [3.63, 3.8) is 0 Å². The lowest BCUT2D eigenvalue weighted by molar-refractivity contribution is -0.194. The van der Waals surface area contributed by atoms with E-state index in [4.69, 9.17) is 26.1 Å². The van der Waals surface area contributed by atoms with Crippen LogP contribution in [-0.2, 0) is 28.2 Å². The van der Waals surface area contributed by atoms with Crippen molar-refractivity contribution >= 4 is 28.4 Å². The minimum absolute atomic E-state index is 0.0751. The third kappa shape index (κ3) is 2.55. The normalized spacial score (nSPS) is 20.3. The van der Waals surface area contributed by atoms with Crippen molar-refractivity contribution in [1.82, 2.24) is 0 Å². The second-order valence-corrected chi connectivity index (χ2v) is 8.22. The van der Waals surface area contributed by atoms with Gasteiger partial charge in [0, 0.05) is 22.4 Å². The Morgan fingerprint density at radius 2 is 1.90 bits per heavy atom. The zero-order chi connectivity index (χ0) is 21.2. The average molecular weight is 434 g/mol. The molecule has 0 fully saturated rings. The highest BCUT2D eigenvalue weighted by Crippen LogP contribution is 2.54. The van der Waals surface area contributed by atoms with Crippen molar-refractivity contribution in [2.75, 3.05) is 11.5 Å². The number of fused-ring (bicyclic) bond motifs is 5. The highest BCUT2D eigenvalue weighted by Gasteiger charge is 2.57. The van der Waals surface area contributed by atoms with Crippen molar-refractivity contribution in [2.24, 2.45) is 0 Å². The van der Waals surface area contributed by atoms with Gasteiger partial charge < -0.3 is 14.5 Å². The Kier molecular flexibility index (Phi) is 3.91. The summed E-state index contributed by atoms with van der Waals surface area (Å²) in [7, 11) is 0. The summed E-state index contributed by atoms with van der Waals surface area (Å²) < 4.78 is 6.02. The van der Waals surface area contributed by atoms with Gasteiger partial charge in [0.05, 0.1) is 6.54 Å². The summed E-state index contributed by atoms with van der Waals surface area (Å²) in [5.74, 6) is 1.21. The van der Waals surface area contributed by atoms with Crippen LogP contribution in [0.25, 0.3) is 0 Å². The van der Waals surface area contributed by atoms with E-state index < -0.39 is 10.7 Å². The Morgan fingerprint density at radius 1 is 1.03 bits per heavy atom. The summed E-state index contributed by atoms with van der Waals surface area (Å²) >= 11 is 5.64. The number of nitrogens with zero attached hydrogens (tertiary/aromatic N) is 1. The van der Waals surface area contributed by atoms with E-state index in [-0.39, 0.29) is 12.5 Å². The van der Waals surface area contributed by atoms with E-state index in [1.54, 1.807) is 23.1 Å². The first-order valence-corrected chi connectivity index (χ1v) is 10.3. The van der Waals surface area contributed by atoms with Crippen molar-refractivity contribution in [1.29, 1.82) is 0 Å². The monoisotopic (exact) mass is 433 g/mol. The number of hydrogen-bond donors (Lipinski definition) is 0. The first kappa shape index (κ1) is 18.4. The van der Waals surface area contributed by atoms with E-state index in [2.05, 4.69) is 0 Å². The molecular formula is C24H16ClNO5. The fourth-order valence-corrected chi connectivity index (χ4v) is 4.84. The van der Waals surface area contributed by atoms with Crippen LogP contribution < -0.4 is 14.5 Å². The molecule has 0 saturated carbocycles. The molecule has 3 aromatic rings. The van der Waals surface area contributed by atoms with E-state index >= 15 is 0 Å². The van der Waals surface area contributed by atoms with Crippen LogP contribution in [0.2, 0.25) is 0 Å². The minimum atomic E-state index is -0.952. The van der Waals surface area contributed by atoms with E-state index in [0.717, 1.165) is 27.9 Å². The smallest absolute Gasteiger partial charge is 0.252 e. The summed E-state index contributed by atoms with van der Waals surface area (Å²) in [6.45, 7) is 0.888. The molecule has 31 heavy (non-hydrogen) atoms. The van der Waals surface area contributed by atoms with Gasteiger partial charge in [-0.3, -0.25) is 9.59 Å². The van der Waals surface area contributed by atoms with Gasteiger partial charge in [0.25, 0.3) is 5.24 Å². The van der Waals surface area contributed by atoms with Crippen LogP contribution in [-0.4, -0.2) is 17.8 Å². The Hall–Kier alpha value is -3.35. The molecule has 154 valence electrons. The molecule has 1 unspecified atom stereocenters. The highest BCUT2D eigenvalue weighted by molar-refractivity contribution is 6.67. The van der Waals surface area contributed by atoms with E-state index in [1.165, 1.54) is 0 Å². The predicted molar refractivity (Wildman–Crippen MR) is 112 cm³/mol. The topological polar surface area (TPSA) is 65.1 Å². The molecule has 3 heterocycles. The van der Waals surface area contributed by atoms with Gasteiger partial charge >= 0.3 is 0 Å². The van der Waals surface area contributed by atoms with Crippen LogP contribution in [0.5, 0.6) is 11.5 Å². The van der Waals surface area contributed by atoms with Gasteiger partial charge in [0.2, 0.25) is 5.91 Å². The number of carbonyl (C=O) groups excluding carboxylic acids is 2. The van der Waals surface area contributed by atoms with Gasteiger partial charge in [-0.25, -0.2) is 0 Å². The molecule has 3 aromatic carbocycles. The first-order chi connectivity index (χ1) is 15.1. The maximum absolute atomic E-state index is 14.0. The predicted octanol–water partition coefficient (Wildman–Crippen LogP) is 4.11. The summed E-state index contributed by atoms with van der Waals surface area (Å²) in [4.78, 5) is 37.6. The van der Waals surface area contributed by atoms with Crippen LogP contribution in [0.4, 0.5) is 5.69 Å². The summed E-state index contributed by atoms with van der Waals surface area (Å²) in [6.07, 6.45) is 0. The Morgan fingerprint density at radius 3 is 2.77 bits per heavy atom. The second kappa shape index (κ2) is 6.57. The van der Waals surface area contributed by atoms with Crippen molar-refractivity contribution in [3.8, 4) is 11.5 Å². The number of ether oxygens (including phenoxy) is 1. The van der Waals surface area contributed by atoms with Crippen LogP contribution >= 0.6 is 11.6 Å². The van der Waals surface area contributed by atoms with Gasteiger partial charge in [-0.15, -0.1) is 0 Å². The Labute approximate surface area is 182 Å². The lowest BCUT2D eigenvalue weighted by Gasteiger charge is -2.23. The molecule has 0 aliphatic carbocycles. The number of rotatable bonds is 3. The fraction of sp³-hybridized carbons (Fsp3) is 0.167. The third-order valence-electron chi connectivity index (χ3n) is 6.19. The van der Waals surface area contributed by atoms with Gasteiger partial charge in [-0.1, -0.05) is 36.4 Å². The van der Waals surface area contributed by atoms with E-state index in [9.17, 15) is 9.59 Å². The van der Waals surface area contributed by atoms with Gasteiger partial charge in [-0.05, 0) is 47.0 Å². The van der Waals surface area contributed by atoms with Crippen molar-refractivity contribution in [3.05, 3.63) is 88.5 Å². The summed E-state index contributed by atoms with van der Waals surface area (Å²) in [5, 5.41) is -0.527. The summed E-state index contributed by atoms with van der Waals surface area (Å²) in [6, 6.07) is 18.5. The van der Waals surface area contributed by atoms with Gasteiger partial charge in [0.1, 0.15) is 24.4 Å². The molecule has 0 N–H and O–H groups in total. The molecule has 0 saturated heterocycles. The maximum atomic E-state index is 14.0. The van der Waals surface area contributed by atoms with E-state index in [1.807, 2.05) is 42.5 Å². The third-order valence-corrected chi connectivity index (χ3v) is 6.41.